The summed E-state index contributed by atoms with van der Waals surface area (Å²) in [7, 11) is 0. The number of nitrogens with two attached hydrogens (primary N) is 1. The first kappa shape index (κ1) is 14.7. The Hall–Kier alpha value is -1.36. The van der Waals surface area contributed by atoms with E-state index in [2.05, 4.69) is 10.4 Å². The van der Waals surface area contributed by atoms with Crippen LogP contribution in [0.25, 0.3) is 0 Å². The third kappa shape index (κ3) is 4.14. The van der Waals surface area contributed by atoms with Crippen molar-refractivity contribution in [2.24, 2.45) is 11.7 Å². The normalized spacial score (nSPS) is 12.8. The van der Waals surface area contributed by atoms with Gasteiger partial charge in [-0.1, -0.05) is 13.8 Å². The van der Waals surface area contributed by atoms with Gasteiger partial charge in [0.2, 0.25) is 5.91 Å². The highest BCUT2D eigenvalue weighted by Gasteiger charge is 2.16. The third-order valence-corrected chi connectivity index (χ3v) is 2.97. The number of hydrogen-bond donors (Lipinski definition) is 2. The lowest BCUT2D eigenvalue weighted by Gasteiger charge is -2.15. The molecule has 0 radical (unpaired) electrons. The SMILES string of the molecule is Cc1cc(C)n(CCCNC(=O)[C@@H](N)C(C)C)n1. The standard InChI is InChI=1S/C13H24N4O/c1-9(2)12(14)13(18)15-6-5-7-17-11(4)8-10(3)16-17/h8-9,12H,5-7,14H2,1-4H3,(H,15,18)/t12-/m0/s1. The minimum Gasteiger partial charge on any atom is -0.355 e. The molecule has 3 N–H and O–H groups in total. The summed E-state index contributed by atoms with van der Waals surface area (Å²) in [4.78, 5) is 11.6. The van der Waals surface area contributed by atoms with Gasteiger partial charge in [0.15, 0.2) is 0 Å². The quantitative estimate of drug-likeness (QED) is 0.742. The Labute approximate surface area is 109 Å². The molecule has 0 bridgehead atoms. The number of aromatic nitrogens is 2. The Bertz CT molecular complexity index is 398. The Kier molecular flexibility index (Phi) is 5.34. The molecule has 0 aliphatic carbocycles. The average Bonchev–Trinajstić information content (AvgIpc) is 2.62. The summed E-state index contributed by atoms with van der Waals surface area (Å²) in [6.07, 6.45) is 0.860. The van der Waals surface area contributed by atoms with E-state index in [0.29, 0.717) is 6.54 Å². The van der Waals surface area contributed by atoms with E-state index in [1.807, 2.05) is 38.4 Å². The van der Waals surface area contributed by atoms with Gasteiger partial charge < -0.3 is 11.1 Å². The second kappa shape index (κ2) is 6.54. The summed E-state index contributed by atoms with van der Waals surface area (Å²) >= 11 is 0. The fourth-order valence-corrected chi connectivity index (χ4v) is 1.76. The van der Waals surface area contributed by atoms with E-state index < -0.39 is 6.04 Å². The molecule has 1 rings (SSSR count). The number of rotatable bonds is 6. The minimum atomic E-state index is -0.418. The van der Waals surface area contributed by atoms with Gasteiger partial charge in [-0.15, -0.1) is 0 Å². The highest BCUT2D eigenvalue weighted by atomic mass is 16.2. The number of carbonyl (C=O) groups excluding carboxylic acids is 1. The third-order valence-electron chi connectivity index (χ3n) is 2.97. The van der Waals surface area contributed by atoms with Crippen molar-refractivity contribution >= 4 is 5.91 Å². The number of nitrogens with one attached hydrogen (secondary N) is 1. The lowest BCUT2D eigenvalue weighted by molar-refractivity contribution is -0.123. The van der Waals surface area contributed by atoms with Crippen LogP contribution < -0.4 is 11.1 Å². The number of nitrogens with zero attached hydrogens (tertiary/aromatic N) is 2. The second-order valence-corrected chi connectivity index (χ2v) is 5.06. The van der Waals surface area contributed by atoms with E-state index in [1.165, 1.54) is 0 Å². The first-order chi connectivity index (χ1) is 8.41. The van der Waals surface area contributed by atoms with E-state index in [1.54, 1.807) is 0 Å². The van der Waals surface area contributed by atoms with Crippen LogP contribution in [0.3, 0.4) is 0 Å². The molecule has 1 atom stereocenters. The Morgan fingerprint density at radius 2 is 2.17 bits per heavy atom. The van der Waals surface area contributed by atoms with Crippen molar-refractivity contribution in [2.45, 2.75) is 46.7 Å². The van der Waals surface area contributed by atoms with Gasteiger partial charge in [-0.2, -0.15) is 5.10 Å². The van der Waals surface area contributed by atoms with Crippen LogP contribution in [-0.2, 0) is 11.3 Å². The van der Waals surface area contributed by atoms with Gasteiger partial charge in [-0.3, -0.25) is 9.48 Å². The number of hydrogen-bond acceptors (Lipinski definition) is 3. The molecule has 102 valence electrons. The van der Waals surface area contributed by atoms with Gasteiger partial charge in [-0.05, 0) is 32.3 Å². The predicted octanol–water partition coefficient (Wildman–Crippen LogP) is 0.990. The monoisotopic (exact) mass is 252 g/mol. The molecule has 18 heavy (non-hydrogen) atoms. The van der Waals surface area contributed by atoms with Crippen LogP contribution in [0.2, 0.25) is 0 Å². The van der Waals surface area contributed by atoms with E-state index >= 15 is 0 Å². The summed E-state index contributed by atoms with van der Waals surface area (Å²) in [5, 5.41) is 7.22. The van der Waals surface area contributed by atoms with Crippen molar-refractivity contribution in [1.29, 1.82) is 0 Å². The summed E-state index contributed by atoms with van der Waals surface area (Å²) in [5.41, 5.74) is 7.93. The van der Waals surface area contributed by atoms with Gasteiger partial charge >= 0.3 is 0 Å². The molecule has 0 aromatic carbocycles. The number of amides is 1. The second-order valence-electron chi connectivity index (χ2n) is 5.06. The van der Waals surface area contributed by atoms with Crippen LogP contribution in [-0.4, -0.2) is 28.3 Å². The molecule has 0 unspecified atom stereocenters. The highest BCUT2D eigenvalue weighted by Crippen LogP contribution is 2.02. The zero-order chi connectivity index (χ0) is 13.7. The Morgan fingerprint density at radius 3 is 2.67 bits per heavy atom. The molecule has 1 aromatic rings. The molecule has 5 heteroatoms. The fourth-order valence-electron chi connectivity index (χ4n) is 1.76. The molecule has 0 spiro atoms. The Balaban J connectivity index is 2.27. The highest BCUT2D eigenvalue weighted by molar-refractivity contribution is 5.81. The summed E-state index contributed by atoms with van der Waals surface area (Å²) < 4.78 is 1.96. The molecule has 1 heterocycles. The molecular weight excluding hydrogens is 228 g/mol. The zero-order valence-corrected chi connectivity index (χ0v) is 11.7. The fraction of sp³-hybridized carbons (Fsp3) is 0.692. The maximum atomic E-state index is 11.6. The van der Waals surface area contributed by atoms with Gasteiger partial charge in [-0.25, -0.2) is 0 Å². The van der Waals surface area contributed by atoms with E-state index in [9.17, 15) is 4.79 Å². The molecule has 0 saturated carbocycles. The number of aryl methyl sites for hydroxylation is 3. The van der Waals surface area contributed by atoms with Crippen LogP contribution in [0.4, 0.5) is 0 Å². The van der Waals surface area contributed by atoms with Gasteiger partial charge in [0, 0.05) is 18.8 Å². The summed E-state index contributed by atoms with van der Waals surface area (Å²) in [6, 6.07) is 1.63. The molecular formula is C13H24N4O. The lowest BCUT2D eigenvalue weighted by atomic mass is 10.1. The van der Waals surface area contributed by atoms with Gasteiger partial charge in [0.25, 0.3) is 0 Å². The van der Waals surface area contributed by atoms with Crippen molar-refractivity contribution in [2.75, 3.05) is 6.54 Å². The largest absolute Gasteiger partial charge is 0.355 e. The molecule has 0 fully saturated rings. The van der Waals surface area contributed by atoms with Crippen molar-refractivity contribution in [1.82, 2.24) is 15.1 Å². The van der Waals surface area contributed by atoms with Gasteiger partial charge in [0.1, 0.15) is 0 Å². The molecule has 0 saturated heterocycles. The first-order valence-corrected chi connectivity index (χ1v) is 6.46. The van der Waals surface area contributed by atoms with Crippen molar-refractivity contribution < 1.29 is 4.79 Å². The topological polar surface area (TPSA) is 72.9 Å². The van der Waals surface area contributed by atoms with Crippen LogP contribution in [0, 0.1) is 19.8 Å². The molecule has 1 aromatic heterocycles. The van der Waals surface area contributed by atoms with E-state index in [4.69, 9.17) is 5.73 Å². The zero-order valence-electron chi connectivity index (χ0n) is 11.7. The lowest BCUT2D eigenvalue weighted by Crippen LogP contribution is -2.44. The predicted molar refractivity (Wildman–Crippen MR) is 72.1 cm³/mol. The first-order valence-electron chi connectivity index (χ1n) is 6.46. The molecule has 0 aliphatic heterocycles. The molecule has 0 aliphatic rings. The van der Waals surface area contributed by atoms with Crippen molar-refractivity contribution in [3.05, 3.63) is 17.5 Å². The van der Waals surface area contributed by atoms with Crippen LogP contribution in [0.1, 0.15) is 31.7 Å². The summed E-state index contributed by atoms with van der Waals surface area (Å²) in [6.45, 7) is 9.36. The minimum absolute atomic E-state index is 0.0710. The smallest absolute Gasteiger partial charge is 0.237 e. The maximum Gasteiger partial charge on any atom is 0.237 e. The van der Waals surface area contributed by atoms with E-state index in [-0.39, 0.29) is 11.8 Å². The molecule has 5 nitrogen and oxygen atoms in total. The average molecular weight is 252 g/mol. The van der Waals surface area contributed by atoms with Crippen LogP contribution in [0.15, 0.2) is 6.07 Å². The maximum absolute atomic E-state index is 11.6. The Morgan fingerprint density at radius 1 is 1.50 bits per heavy atom. The molecule has 1 amide bonds. The van der Waals surface area contributed by atoms with Crippen molar-refractivity contribution in [3.63, 3.8) is 0 Å². The van der Waals surface area contributed by atoms with E-state index in [0.717, 1.165) is 24.4 Å². The van der Waals surface area contributed by atoms with Crippen LogP contribution in [0.5, 0.6) is 0 Å². The number of carbonyl (C=O) groups is 1. The van der Waals surface area contributed by atoms with Crippen molar-refractivity contribution in [3.8, 4) is 0 Å². The van der Waals surface area contributed by atoms with Gasteiger partial charge in [0.05, 0.1) is 11.7 Å². The van der Waals surface area contributed by atoms with Crippen LogP contribution >= 0.6 is 0 Å². The summed E-state index contributed by atoms with van der Waals surface area (Å²) in [5.74, 6) is 0.0966.